The van der Waals surface area contributed by atoms with Gasteiger partial charge in [-0.2, -0.15) is 0 Å². The number of likely N-dealkylation sites (N-methyl/N-ethyl adjacent to an activating group) is 1. The Labute approximate surface area is 128 Å². The number of anilines is 1. The molecule has 0 saturated heterocycles. The van der Waals surface area contributed by atoms with Crippen LogP contribution < -0.4 is 4.90 Å². The van der Waals surface area contributed by atoms with E-state index in [1.165, 1.54) is 11.3 Å². The minimum absolute atomic E-state index is 0.462. The molecule has 1 atom stereocenters. The summed E-state index contributed by atoms with van der Waals surface area (Å²) < 4.78 is 0. The van der Waals surface area contributed by atoms with Gasteiger partial charge >= 0.3 is 0 Å². The quantitative estimate of drug-likeness (QED) is 0.904. The van der Waals surface area contributed by atoms with E-state index >= 15 is 0 Å². The van der Waals surface area contributed by atoms with Crippen molar-refractivity contribution in [3.8, 4) is 0 Å². The highest BCUT2D eigenvalue weighted by atomic mass is 35.5. The van der Waals surface area contributed by atoms with Crippen molar-refractivity contribution in [3.63, 3.8) is 0 Å². The van der Waals surface area contributed by atoms with Gasteiger partial charge < -0.3 is 10.0 Å². The fraction of sp³-hybridized carbons (Fsp3) is 0.250. The third-order valence-corrected chi connectivity index (χ3v) is 4.55. The van der Waals surface area contributed by atoms with Gasteiger partial charge in [0, 0.05) is 19.3 Å². The monoisotopic (exact) mass is 307 g/mol. The first-order chi connectivity index (χ1) is 9.56. The fourth-order valence-electron chi connectivity index (χ4n) is 2.63. The third kappa shape index (κ3) is 2.39. The molecular weight excluding hydrogens is 293 g/mol. The van der Waals surface area contributed by atoms with Gasteiger partial charge in [0.1, 0.15) is 6.10 Å². The molecule has 1 heterocycles. The number of aliphatic hydroxyl groups is 1. The van der Waals surface area contributed by atoms with Crippen LogP contribution in [0.15, 0.2) is 36.4 Å². The maximum atomic E-state index is 10.5. The van der Waals surface area contributed by atoms with Crippen LogP contribution >= 0.6 is 23.2 Å². The summed E-state index contributed by atoms with van der Waals surface area (Å²) in [5, 5.41) is 11.4. The van der Waals surface area contributed by atoms with Crippen LogP contribution in [0, 0.1) is 0 Å². The standard InChI is InChI=1S/C16H15Cl2NO/c1-19-7-6-10-8-11(3-5-15(10)19)16(20)12-2-4-13(17)14(18)9-12/h2-5,8-9,16,20H,6-7H2,1H3. The first-order valence-electron chi connectivity index (χ1n) is 6.53. The van der Waals surface area contributed by atoms with Crippen molar-refractivity contribution in [2.45, 2.75) is 12.5 Å². The van der Waals surface area contributed by atoms with Gasteiger partial charge in [-0.15, -0.1) is 0 Å². The SMILES string of the molecule is CN1CCc2cc(C(O)c3ccc(Cl)c(Cl)c3)ccc21. The van der Waals surface area contributed by atoms with Crippen LogP contribution in [0.25, 0.3) is 0 Å². The Balaban J connectivity index is 1.94. The zero-order valence-corrected chi connectivity index (χ0v) is 12.6. The Bertz CT molecular complexity index is 657. The van der Waals surface area contributed by atoms with Gasteiger partial charge in [-0.3, -0.25) is 0 Å². The maximum absolute atomic E-state index is 10.5. The number of rotatable bonds is 2. The average Bonchev–Trinajstić information content (AvgIpc) is 2.82. The second-order valence-corrected chi connectivity index (χ2v) is 5.95. The van der Waals surface area contributed by atoms with E-state index in [-0.39, 0.29) is 0 Å². The van der Waals surface area contributed by atoms with Crippen LogP contribution in [-0.2, 0) is 6.42 Å². The van der Waals surface area contributed by atoms with Crippen LogP contribution in [0.5, 0.6) is 0 Å². The summed E-state index contributed by atoms with van der Waals surface area (Å²) >= 11 is 11.9. The molecule has 0 amide bonds. The number of hydrogen-bond acceptors (Lipinski definition) is 2. The molecule has 0 radical (unpaired) electrons. The predicted molar refractivity (Wildman–Crippen MR) is 83.9 cm³/mol. The molecule has 4 heteroatoms. The minimum Gasteiger partial charge on any atom is -0.384 e. The van der Waals surface area contributed by atoms with Gasteiger partial charge in [0.15, 0.2) is 0 Å². The van der Waals surface area contributed by atoms with Gasteiger partial charge in [-0.1, -0.05) is 41.4 Å². The lowest BCUT2D eigenvalue weighted by molar-refractivity contribution is 0.220. The van der Waals surface area contributed by atoms with Crippen molar-refractivity contribution in [1.29, 1.82) is 0 Å². The van der Waals surface area contributed by atoms with Crippen LogP contribution in [0.1, 0.15) is 22.8 Å². The van der Waals surface area contributed by atoms with Gasteiger partial charge in [0.25, 0.3) is 0 Å². The molecule has 3 rings (SSSR count). The van der Waals surface area contributed by atoms with E-state index in [0.29, 0.717) is 10.0 Å². The van der Waals surface area contributed by atoms with Crippen LogP contribution in [-0.4, -0.2) is 18.7 Å². The summed E-state index contributed by atoms with van der Waals surface area (Å²) in [6.45, 7) is 1.03. The third-order valence-electron chi connectivity index (χ3n) is 3.81. The van der Waals surface area contributed by atoms with E-state index in [0.717, 1.165) is 24.1 Å². The zero-order chi connectivity index (χ0) is 14.3. The molecule has 2 aromatic carbocycles. The molecule has 1 unspecified atom stereocenters. The molecule has 104 valence electrons. The molecule has 0 bridgehead atoms. The Morgan fingerprint density at radius 1 is 1.05 bits per heavy atom. The minimum atomic E-state index is -0.680. The number of fused-ring (bicyclic) bond motifs is 1. The summed E-state index contributed by atoms with van der Waals surface area (Å²) in [6.07, 6.45) is 0.342. The summed E-state index contributed by atoms with van der Waals surface area (Å²) in [6, 6.07) is 11.3. The van der Waals surface area contributed by atoms with Crippen molar-refractivity contribution in [1.82, 2.24) is 0 Å². The number of aliphatic hydroxyl groups excluding tert-OH is 1. The molecule has 1 aliphatic rings. The number of nitrogens with zero attached hydrogens (tertiary/aromatic N) is 1. The van der Waals surface area contributed by atoms with Crippen molar-refractivity contribution in [2.24, 2.45) is 0 Å². The molecule has 2 nitrogen and oxygen atoms in total. The molecule has 0 aromatic heterocycles. The number of halogens is 2. The smallest absolute Gasteiger partial charge is 0.104 e. The average molecular weight is 308 g/mol. The molecule has 0 fully saturated rings. The number of hydrogen-bond donors (Lipinski definition) is 1. The first-order valence-corrected chi connectivity index (χ1v) is 7.29. The first kappa shape index (κ1) is 13.7. The maximum Gasteiger partial charge on any atom is 0.104 e. The zero-order valence-electron chi connectivity index (χ0n) is 11.1. The van der Waals surface area contributed by atoms with Gasteiger partial charge in [0.2, 0.25) is 0 Å². The highest BCUT2D eigenvalue weighted by Crippen LogP contribution is 2.33. The van der Waals surface area contributed by atoms with E-state index < -0.39 is 6.10 Å². The Morgan fingerprint density at radius 3 is 2.50 bits per heavy atom. The Hall–Kier alpha value is -1.22. The molecule has 1 aliphatic heterocycles. The Kier molecular flexibility index (Phi) is 3.63. The van der Waals surface area contributed by atoms with Crippen molar-refractivity contribution in [3.05, 3.63) is 63.1 Å². The van der Waals surface area contributed by atoms with Gasteiger partial charge in [-0.05, 0) is 41.3 Å². The molecule has 0 spiro atoms. The summed E-state index contributed by atoms with van der Waals surface area (Å²) in [7, 11) is 2.08. The molecule has 0 saturated carbocycles. The van der Waals surface area contributed by atoms with Gasteiger partial charge in [-0.25, -0.2) is 0 Å². The van der Waals surface area contributed by atoms with E-state index in [1.807, 2.05) is 6.07 Å². The largest absolute Gasteiger partial charge is 0.384 e. The fourth-order valence-corrected chi connectivity index (χ4v) is 2.94. The Morgan fingerprint density at radius 2 is 1.75 bits per heavy atom. The van der Waals surface area contributed by atoms with Crippen LogP contribution in [0.2, 0.25) is 10.0 Å². The van der Waals surface area contributed by atoms with E-state index in [1.54, 1.807) is 18.2 Å². The molecule has 2 aromatic rings. The van der Waals surface area contributed by atoms with Crippen LogP contribution in [0.4, 0.5) is 5.69 Å². The predicted octanol–water partition coefficient (Wildman–Crippen LogP) is 4.07. The van der Waals surface area contributed by atoms with Crippen molar-refractivity contribution >= 4 is 28.9 Å². The topological polar surface area (TPSA) is 23.5 Å². The highest BCUT2D eigenvalue weighted by Gasteiger charge is 2.19. The van der Waals surface area contributed by atoms with Crippen LogP contribution in [0.3, 0.4) is 0 Å². The lowest BCUT2D eigenvalue weighted by Crippen LogP contribution is -2.12. The second-order valence-electron chi connectivity index (χ2n) is 5.14. The lowest BCUT2D eigenvalue weighted by Gasteiger charge is -2.15. The summed E-state index contributed by atoms with van der Waals surface area (Å²) in [5.74, 6) is 0. The van der Waals surface area contributed by atoms with Crippen molar-refractivity contribution < 1.29 is 5.11 Å². The van der Waals surface area contributed by atoms with E-state index in [9.17, 15) is 5.11 Å². The highest BCUT2D eigenvalue weighted by molar-refractivity contribution is 6.42. The molecular formula is C16H15Cl2NO. The second kappa shape index (κ2) is 5.28. The van der Waals surface area contributed by atoms with Gasteiger partial charge in [0.05, 0.1) is 10.0 Å². The van der Waals surface area contributed by atoms with E-state index in [4.69, 9.17) is 23.2 Å². The summed E-state index contributed by atoms with van der Waals surface area (Å²) in [4.78, 5) is 2.23. The molecule has 1 N–H and O–H groups in total. The normalized spacial score (nSPS) is 15.3. The molecule has 20 heavy (non-hydrogen) atoms. The van der Waals surface area contributed by atoms with Crippen molar-refractivity contribution in [2.75, 3.05) is 18.5 Å². The summed E-state index contributed by atoms with van der Waals surface area (Å²) in [5.41, 5.74) is 4.17. The lowest BCUT2D eigenvalue weighted by atomic mass is 9.99. The molecule has 0 aliphatic carbocycles. The van der Waals surface area contributed by atoms with E-state index in [2.05, 4.69) is 24.1 Å². The number of benzene rings is 2.